The van der Waals surface area contributed by atoms with E-state index in [-0.39, 0.29) is 0 Å². The molecule has 1 N–H and O–H groups in total. The van der Waals surface area contributed by atoms with Gasteiger partial charge in [-0.05, 0) is 72.6 Å². The predicted octanol–water partition coefficient (Wildman–Crippen LogP) is 7.73. The number of nitrogens with zero attached hydrogens (tertiary/aromatic N) is 1. The second kappa shape index (κ2) is 8.21. The van der Waals surface area contributed by atoms with E-state index in [0.717, 1.165) is 42.1 Å². The van der Waals surface area contributed by atoms with E-state index in [1.807, 2.05) is 42.5 Å². The zero-order chi connectivity index (χ0) is 22.4. The Morgan fingerprint density at radius 3 is 2.50 bits per heavy atom. The number of aliphatic carboxylic acids is 1. The van der Waals surface area contributed by atoms with Gasteiger partial charge >= 0.3 is 5.97 Å². The van der Waals surface area contributed by atoms with E-state index < -0.39 is 12.6 Å². The maximum absolute atomic E-state index is 10.9. The van der Waals surface area contributed by atoms with Crippen LogP contribution in [0.5, 0.6) is 5.75 Å². The zero-order valence-corrected chi connectivity index (χ0v) is 20.3. The molecule has 0 saturated heterocycles. The number of ether oxygens (including phenoxy) is 1. The molecule has 0 spiro atoms. The lowest BCUT2D eigenvalue weighted by atomic mass is 9.96. The van der Waals surface area contributed by atoms with Crippen molar-refractivity contribution in [1.82, 2.24) is 0 Å². The molecule has 32 heavy (non-hydrogen) atoms. The summed E-state index contributed by atoms with van der Waals surface area (Å²) in [5, 5.41) is 23.0. The van der Waals surface area contributed by atoms with Crippen LogP contribution in [0.3, 0.4) is 0 Å². The van der Waals surface area contributed by atoms with Crippen molar-refractivity contribution in [3.63, 3.8) is 0 Å². The average Bonchev–Trinajstić information content (AvgIpc) is 3.14. The van der Waals surface area contributed by atoms with Crippen molar-refractivity contribution < 1.29 is 14.6 Å². The topological polar surface area (TPSA) is 70.3 Å². The standard InChI is InChI=1S/C25H13Br2NO3S/c26-19-9-14(10-20(27)24(19)31-12-22(29)30)16-6-3-7-21-23(16)17-8-13-4-1-2-5-15(13)18(11-28)25(17)32-21/h1-10H,12H2,(H,29,30). The van der Waals surface area contributed by atoms with E-state index in [1.165, 1.54) is 0 Å². The number of hydrogen-bond donors (Lipinski definition) is 1. The molecule has 0 saturated carbocycles. The van der Waals surface area contributed by atoms with Crippen molar-refractivity contribution in [2.24, 2.45) is 0 Å². The van der Waals surface area contributed by atoms with Gasteiger partial charge in [0.1, 0.15) is 11.8 Å². The van der Waals surface area contributed by atoms with Gasteiger partial charge in [0.15, 0.2) is 6.61 Å². The molecule has 5 rings (SSSR count). The lowest BCUT2D eigenvalue weighted by Crippen LogP contribution is -2.10. The monoisotopic (exact) mass is 565 g/mol. The number of thiophene rings is 1. The van der Waals surface area contributed by atoms with Gasteiger partial charge in [-0.15, -0.1) is 11.3 Å². The third-order valence-corrected chi connectivity index (χ3v) is 7.64. The molecule has 0 aliphatic carbocycles. The molecule has 7 heteroatoms. The molecular formula is C25H13Br2NO3S. The van der Waals surface area contributed by atoms with Gasteiger partial charge in [0.2, 0.25) is 0 Å². The van der Waals surface area contributed by atoms with Gasteiger partial charge in [0.25, 0.3) is 0 Å². The maximum atomic E-state index is 10.9. The Balaban J connectivity index is 1.78. The summed E-state index contributed by atoms with van der Waals surface area (Å²) in [6.07, 6.45) is 0. The largest absolute Gasteiger partial charge is 0.480 e. The van der Waals surface area contributed by atoms with Gasteiger partial charge in [0.05, 0.1) is 19.2 Å². The quantitative estimate of drug-likeness (QED) is 0.241. The number of hydrogen-bond acceptors (Lipinski definition) is 4. The number of rotatable bonds is 4. The first-order chi connectivity index (χ1) is 15.5. The Labute approximate surface area is 203 Å². The minimum absolute atomic E-state index is 0.425. The molecule has 0 aliphatic heterocycles. The number of carboxylic acid groups (broad SMARTS) is 1. The van der Waals surface area contributed by atoms with Crippen molar-refractivity contribution in [3.8, 4) is 22.9 Å². The Kier molecular flexibility index (Phi) is 5.38. The lowest BCUT2D eigenvalue weighted by molar-refractivity contribution is -0.139. The highest BCUT2D eigenvalue weighted by atomic mass is 79.9. The van der Waals surface area contributed by atoms with Crippen molar-refractivity contribution in [1.29, 1.82) is 5.26 Å². The minimum Gasteiger partial charge on any atom is -0.480 e. The first kappa shape index (κ1) is 21.0. The van der Waals surface area contributed by atoms with Gasteiger partial charge in [0, 0.05) is 20.9 Å². The highest BCUT2D eigenvalue weighted by Crippen LogP contribution is 2.45. The van der Waals surface area contributed by atoms with Crippen LogP contribution in [0.2, 0.25) is 0 Å². The molecule has 0 fully saturated rings. The summed E-state index contributed by atoms with van der Waals surface area (Å²) in [6.45, 7) is -0.425. The summed E-state index contributed by atoms with van der Waals surface area (Å²) in [4.78, 5) is 10.9. The number of carbonyl (C=O) groups is 1. The van der Waals surface area contributed by atoms with Crippen molar-refractivity contribution in [2.45, 2.75) is 0 Å². The molecule has 4 nitrogen and oxygen atoms in total. The molecule has 0 aliphatic rings. The van der Waals surface area contributed by atoms with Gasteiger partial charge in [-0.2, -0.15) is 5.26 Å². The molecule has 1 aromatic heterocycles. The van der Waals surface area contributed by atoms with Crippen LogP contribution in [-0.2, 0) is 4.79 Å². The number of fused-ring (bicyclic) bond motifs is 4. The number of nitriles is 1. The van der Waals surface area contributed by atoms with Crippen LogP contribution in [0.4, 0.5) is 0 Å². The van der Waals surface area contributed by atoms with Crippen LogP contribution in [0, 0.1) is 11.3 Å². The third-order valence-electron chi connectivity index (χ3n) is 5.27. The molecule has 0 radical (unpaired) electrons. The van der Waals surface area contributed by atoms with Crippen LogP contribution in [0.25, 0.3) is 42.1 Å². The van der Waals surface area contributed by atoms with Crippen molar-refractivity contribution in [2.75, 3.05) is 6.61 Å². The van der Waals surface area contributed by atoms with Gasteiger partial charge in [-0.25, -0.2) is 4.79 Å². The van der Waals surface area contributed by atoms with Gasteiger partial charge in [-0.3, -0.25) is 0 Å². The van der Waals surface area contributed by atoms with Crippen LogP contribution in [0.15, 0.2) is 69.6 Å². The molecule has 5 aromatic rings. The van der Waals surface area contributed by atoms with Crippen molar-refractivity contribution in [3.05, 3.63) is 75.2 Å². The second-order valence-corrected chi connectivity index (χ2v) is 9.95. The summed E-state index contributed by atoms with van der Waals surface area (Å²) in [6, 6.07) is 22.5. The normalized spacial score (nSPS) is 11.2. The predicted molar refractivity (Wildman–Crippen MR) is 136 cm³/mol. The van der Waals surface area contributed by atoms with Crippen LogP contribution in [0.1, 0.15) is 5.56 Å². The van der Waals surface area contributed by atoms with E-state index in [9.17, 15) is 10.1 Å². The van der Waals surface area contributed by atoms with E-state index in [0.29, 0.717) is 20.3 Å². The smallest absolute Gasteiger partial charge is 0.341 e. The summed E-state index contributed by atoms with van der Waals surface area (Å²) >= 11 is 8.66. The molecule has 0 amide bonds. The molecule has 156 valence electrons. The van der Waals surface area contributed by atoms with Crippen LogP contribution < -0.4 is 4.74 Å². The number of halogens is 2. The highest BCUT2D eigenvalue weighted by molar-refractivity contribution is 9.11. The van der Waals surface area contributed by atoms with Crippen LogP contribution >= 0.6 is 43.2 Å². The maximum Gasteiger partial charge on any atom is 0.341 e. The molecule has 4 aromatic carbocycles. The van der Waals surface area contributed by atoms with E-state index in [2.05, 4.69) is 56.1 Å². The molecule has 0 atom stereocenters. The lowest BCUT2D eigenvalue weighted by Gasteiger charge is -2.12. The summed E-state index contributed by atoms with van der Waals surface area (Å²) in [5.41, 5.74) is 2.67. The first-order valence-corrected chi connectivity index (χ1v) is 12.0. The zero-order valence-electron chi connectivity index (χ0n) is 16.4. The van der Waals surface area contributed by atoms with Crippen LogP contribution in [-0.4, -0.2) is 17.7 Å². The van der Waals surface area contributed by atoms with E-state index >= 15 is 0 Å². The first-order valence-electron chi connectivity index (χ1n) is 9.59. The highest BCUT2D eigenvalue weighted by Gasteiger charge is 2.18. The molecule has 0 unspecified atom stereocenters. The molecular weight excluding hydrogens is 554 g/mol. The minimum atomic E-state index is -1.04. The summed E-state index contributed by atoms with van der Waals surface area (Å²) in [7, 11) is 0. The van der Waals surface area contributed by atoms with E-state index in [4.69, 9.17) is 9.84 Å². The second-order valence-electron chi connectivity index (χ2n) is 7.19. The fraction of sp³-hybridized carbons (Fsp3) is 0.0400. The number of benzene rings is 4. The van der Waals surface area contributed by atoms with Gasteiger partial charge < -0.3 is 9.84 Å². The van der Waals surface area contributed by atoms with Gasteiger partial charge in [-0.1, -0.05) is 36.4 Å². The van der Waals surface area contributed by atoms with E-state index in [1.54, 1.807) is 11.3 Å². The Bertz CT molecular complexity index is 1580. The summed E-state index contributed by atoms with van der Waals surface area (Å²) in [5.74, 6) is -0.598. The number of carboxylic acids is 1. The summed E-state index contributed by atoms with van der Waals surface area (Å²) < 4.78 is 8.80. The third kappa shape index (κ3) is 3.45. The Hall–Kier alpha value is -2.92. The Morgan fingerprint density at radius 2 is 1.78 bits per heavy atom. The molecule has 0 bridgehead atoms. The fourth-order valence-corrected chi connectivity index (χ4v) is 6.60. The van der Waals surface area contributed by atoms with Crippen molar-refractivity contribution >= 4 is 80.1 Å². The fourth-order valence-electron chi connectivity index (χ4n) is 3.96. The Morgan fingerprint density at radius 1 is 1.03 bits per heavy atom. The SMILES string of the molecule is N#Cc1c2ccccc2cc2c1sc1cccc(-c3cc(Br)c(OCC(=O)O)c(Br)c3)c12. The average molecular weight is 567 g/mol. The molecule has 1 heterocycles.